The Morgan fingerprint density at radius 2 is 2.44 bits per heavy atom. The second-order valence-corrected chi connectivity index (χ2v) is 2.76. The van der Waals surface area contributed by atoms with Crippen molar-refractivity contribution in [1.82, 2.24) is 0 Å². The van der Waals surface area contributed by atoms with Crippen LogP contribution >= 0.6 is 0 Å². The third kappa shape index (κ3) is 1.53. The first-order valence-electron chi connectivity index (χ1n) is 3.08. The van der Waals surface area contributed by atoms with Crippen LogP contribution in [0.2, 0.25) is 0 Å². The molecule has 52 valence electrons. The highest BCUT2D eigenvalue weighted by Gasteiger charge is 2.43. The molecule has 0 aromatic heterocycles. The van der Waals surface area contributed by atoms with E-state index in [0.717, 1.165) is 12.0 Å². The summed E-state index contributed by atoms with van der Waals surface area (Å²) in [5.41, 5.74) is 0.841. The van der Waals surface area contributed by atoms with Gasteiger partial charge in [-0.3, -0.25) is 0 Å². The van der Waals surface area contributed by atoms with E-state index in [0.29, 0.717) is 6.61 Å². The Morgan fingerprint density at radius 1 is 1.89 bits per heavy atom. The molecule has 0 saturated carbocycles. The summed E-state index contributed by atoms with van der Waals surface area (Å²) in [6, 6.07) is 0. The molecule has 9 heavy (non-hydrogen) atoms. The molecule has 2 nitrogen and oxygen atoms in total. The highest BCUT2D eigenvalue weighted by molar-refractivity contribution is 5.04. The molecule has 0 aromatic carbocycles. The first-order chi connectivity index (χ1) is 4.18. The Labute approximate surface area is 55.1 Å². The van der Waals surface area contributed by atoms with E-state index in [1.165, 1.54) is 0 Å². The van der Waals surface area contributed by atoms with Crippen LogP contribution in [0.1, 0.15) is 13.3 Å². The van der Waals surface area contributed by atoms with E-state index < -0.39 is 0 Å². The van der Waals surface area contributed by atoms with Crippen LogP contribution in [0.3, 0.4) is 0 Å². The molecule has 1 rings (SSSR count). The number of hydrogen-bond donors (Lipinski definition) is 1. The number of ether oxygens (including phenoxy) is 1. The standard InChI is InChI=1S/C7H12O2/c1-6(2)3-7(4-8)5-9-7/h8H,1,3-5H2,2H3. The molecule has 1 atom stereocenters. The molecular weight excluding hydrogens is 116 g/mol. The lowest BCUT2D eigenvalue weighted by molar-refractivity contribution is 0.171. The third-order valence-corrected chi connectivity index (χ3v) is 1.46. The van der Waals surface area contributed by atoms with Gasteiger partial charge in [0.25, 0.3) is 0 Å². The minimum absolute atomic E-state index is 0.125. The molecule has 0 aliphatic carbocycles. The molecule has 0 amide bonds. The van der Waals surface area contributed by atoms with Crippen molar-refractivity contribution in [2.24, 2.45) is 0 Å². The van der Waals surface area contributed by atoms with Gasteiger partial charge in [-0.15, -0.1) is 6.58 Å². The fourth-order valence-electron chi connectivity index (χ4n) is 0.901. The van der Waals surface area contributed by atoms with Gasteiger partial charge in [0.2, 0.25) is 0 Å². The van der Waals surface area contributed by atoms with Crippen LogP contribution in [0.4, 0.5) is 0 Å². The molecule has 1 aliphatic rings. The van der Waals surface area contributed by atoms with Crippen LogP contribution in [-0.4, -0.2) is 23.9 Å². The van der Waals surface area contributed by atoms with Gasteiger partial charge in [-0.2, -0.15) is 0 Å². The predicted molar refractivity (Wildman–Crippen MR) is 35.2 cm³/mol. The first kappa shape index (κ1) is 6.78. The van der Waals surface area contributed by atoms with Gasteiger partial charge in [-0.1, -0.05) is 5.57 Å². The maximum absolute atomic E-state index is 8.74. The highest BCUT2D eigenvalue weighted by atomic mass is 16.6. The Balaban J connectivity index is 2.33. The Morgan fingerprint density at radius 3 is 2.56 bits per heavy atom. The van der Waals surface area contributed by atoms with E-state index in [1.54, 1.807) is 0 Å². The molecule has 1 saturated heterocycles. The fourth-order valence-corrected chi connectivity index (χ4v) is 0.901. The van der Waals surface area contributed by atoms with E-state index in [4.69, 9.17) is 9.84 Å². The van der Waals surface area contributed by atoms with Gasteiger partial charge in [0, 0.05) is 6.42 Å². The minimum Gasteiger partial charge on any atom is -0.393 e. The van der Waals surface area contributed by atoms with E-state index in [2.05, 4.69) is 6.58 Å². The van der Waals surface area contributed by atoms with Crippen LogP contribution in [0.15, 0.2) is 12.2 Å². The molecule has 1 N–H and O–H groups in total. The Kier molecular flexibility index (Phi) is 1.60. The molecule has 0 bridgehead atoms. The molecule has 1 aliphatic heterocycles. The number of epoxide rings is 1. The number of aliphatic hydroxyl groups is 1. The van der Waals surface area contributed by atoms with Crippen molar-refractivity contribution in [3.8, 4) is 0 Å². The smallest absolute Gasteiger partial charge is 0.118 e. The van der Waals surface area contributed by atoms with E-state index in [-0.39, 0.29) is 12.2 Å². The van der Waals surface area contributed by atoms with Crippen LogP contribution in [0.5, 0.6) is 0 Å². The van der Waals surface area contributed by atoms with Crippen molar-refractivity contribution in [2.45, 2.75) is 18.9 Å². The van der Waals surface area contributed by atoms with Crippen LogP contribution in [0.25, 0.3) is 0 Å². The van der Waals surface area contributed by atoms with E-state index >= 15 is 0 Å². The second-order valence-electron chi connectivity index (χ2n) is 2.76. The highest BCUT2D eigenvalue weighted by Crippen LogP contribution is 2.32. The van der Waals surface area contributed by atoms with Crippen molar-refractivity contribution in [1.29, 1.82) is 0 Å². The lowest BCUT2D eigenvalue weighted by atomic mass is 10.0. The topological polar surface area (TPSA) is 32.8 Å². The van der Waals surface area contributed by atoms with Crippen molar-refractivity contribution in [3.05, 3.63) is 12.2 Å². The molecule has 0 radical (unpaired) electrons. The third-order valence-electron chi connectivity index (χ3n) is 1.46. The Hall–Kier alpha value is -0.340. The van der Waals surface area contributed by atoms with Gasteiger partial charge in [0.05, 0.1) is 13.2 Å². The zero-order valence-corrected chi connectivity index (χ0v) is 5.68. The monoisotopic (exact) mass is 128 g/mol. The maximum atomic E-state index is 8.74. The van der Waals surface area contributed by atoms with E-state index in [1.807, 2.05) is 6.92 Å². The number of aliphatic hydroxyl groups excluding tert-OH is 1. The normalized spacial score (nSPS) is 32.2. The van der Waals surface area contributed by atoms with Crippen LogP contribution in [0, 0.1) is 0 Å². The zero-order valence-electron chi connectivity index (χ0n) is 5.68. The van der Waals surface area contributed by atoms with Gasteiger partial charge in [-0.25, -0.2) is 0 Å². The summed E-state index contributed by atoms with van der Waals surface area (Å²) in [6.07, 6.45) is 0.795. The van der Waals surface area contributed by atoms with Crippen molar-refractivity contribution in [3.63, 3.8) is 0 Å². The maximum Gasteiger partial charge on any atom is 0.118 e. The van der Waals surface area contributed by atoms with Gasteiger partial charge >= 0.3 is 0 Å². The lowest BCUT2D eigenvalue weighted by Gasteiger charge is -2.05. The van der Waals surface area contributed by atoms with Gasteiger partial charge in [0.1, 0.15) is 5.60 Å². The average Bonchev–Trinajstić information content (AvgIpc) is 2.48. The first-order valence-corrected chi connectivity index (χ1v) is 3.08. The van der Waals surface area contributed by atoms with E-state index in [9.17, 15) is 0 Å². The number of hydrogen-bond acceptors (Lipinski definition) is 2. The van der Waals surface area contributed by atoms with Crippen molar-refractivity contribution >= 4 is 0 Å². The lowest BCUT2D eigenvalue weighted by Crippen LogP contribution is -2.16. The molecule has 1 heterocycles. The summed E-state index contributed by atoms with van der Waals surface area (Å²) in [4.78, 5) is 0. The predicted octanol–water partition coefficient (Wildman–Crippen LogP) is 0.714. The Bertz CT molecular complexity index is 125. The molecule has 1 unspecified atom stereocenters. The summed E-state index contributed by atoms with van der Waals surface area (Å²) >= 11 is 0. The largest absolute Gasteiger partial charge is 0.393 e. The van der Waals surface area contributed by atoms with Gasteiger partial charge < -0.3 is 9.84 Å². The molecular formula is C7H12O2. The summed E-state index contributed by atoms with van der Waals surface area (Å²) in [5, 5.41) is 8.74. The van der Waals surface area contributed by atoms with Crippen LogP contribution < -0.4 is 0 Å². The number of rotatable bonds is 3. The molecule has 0 spiro atoms. The fraction of sp³-hybridized carbons (Fsp3) is 0.714. The SMILES string of the molecule is C=C(C)CC1(CO)CO1. The van der Waals surface area contributed by atoms with Crippen LogP contribution in [-0.2, 0) is 4.74 Å². The zero-order chi connectivity index (χ0) is 6.91. The van der Waals surface area contributed by atoms with Crippen molar-refractivity contribution in [2.75, 3.05) is 13.2 Å². The quantitative estimate of drug-likeness (QED) is 0.448. The molecule has 1 fully saturated rings. The molecule has 2 heteroatoms. The van der Waals surface area contributed by atoms with Gasteiger partial charge in [-0.05, 0) is 6.92 Å². The second kappa shape index (κ2) is 2.12. The van der Waals surface area contributed by atoms with Gasteiger partial charge in [0.15, 0.2) is 0 Å². The summed E-state index contributed by atoms with van der Waals surface area (Å²) in [7, 11) is 0. The molecule has 0 aromatic rings. The average molecular weight is 128 g/mol. The minimum atomic E-state index is -0.230. The summed E-state index contributed by atoms with van der Waals surface area (Å²) in [5.74, 6) is 0. The summed E-state index contributed by atoms with van der Waals surface area (Å²) in [6.45, 7) is 6.50. The summed E-state index contributed by atoms with van der Waals surface area (Å²) < 4.78 is 5.05. The van der Waals surface area contributed by atoms with Crippen molar-refractivity contribution < 1.29 is 9.84 Å².